The van der Waals surface area contributed by atoms with Crippen LogP contribution in [0.3, 0.4) is 0 Å². The number of hydrogen-bond donors (Lipinski definition) is 0. The van der Waals surface area contributed by atoms with Crippen LogP contribution in [0.1, 0.15) is 113 Å². The van der Waals surface area contributed by atoms with Crippen LogP contribution in [0.15, 0.2) is 40.0 Å². The number of likely N-dealkylation sites (N-methyl/N-ethyl adjacent to an activating group) is 1. The van der Waals surface area contributed by atoms with Gasteiger partial charge in [-0.2, -0.15) is 0 Å². The Labute approximate surface area is 278 Å². The minimum atomic E-state index is -0.402. The smallest absolute Gasteiger partial charge is 0.229 e. The van der Waals surface area contributed by atoms with E-state index in [0.29, 0.717) is 41.3 Å². The van der Waals surface area contributed by atoms with Gasteiger partial charge in [-0.05, 0) is 128 Å². The number of Topliss-reactive ketones (excluding diaryl/α,β-unsaturated/α-hetero) is 1. The molecular formula is C41H60N2O3. The van der Waals surface area contributed by atoms with Crippen molar-refractivity contribution >= 4 is 17.8 Å². The summed E-state index contributed by atoms with van der Waals surface area (Å²) in [5, 5.41) is 0. The topological polar surface area (TPSA) is 53.8 Å². The van der Waals surface area contributed by atoms with Crippen LogP contribution in [0.5, 0.6) is 0 Å². The zero-order valence-electron chi connectivity index (χ0n) is 30.1. The summed E-state index contributed by atoms with van der Waals surface area (Å²) < 4.78 is 5.72. The number of ketones is 1. The molecule has 0 unspecified atom stereocenters. The van der Waals surface area contributed by atoms with Gasteiger partial charge < -0.3 is 14.2 Å². The number of furan rings is 1. The Morgan fingerprint density at radius 3 is 2.39 bits per heavy atom. The molecule has 9 atom stereocenters. The van der Waals surface area contributed by atoms with Crippen molar-refractivity contribution in [1.29, 1.82) is 0 Å². The molecule has 5 heteroatoms. The lowest BCUT2D eigenvalue weighted by Crippen LogP contribution is -2.66. The molecule has 1 aromatic heterocycles. The number of amides is 1. The van der Waals surface area contributed by atoms with Gasteiger partial charge in [0.1, 0.15) is 5.76 Å². The average molecular weight is 629 g/mol. The third kappa shape index (κ3) is 4.34. The van der Waals surface area contributed by atoms with E-state index in [1.165, 1.54) is 0 Å². The number of allylic oxidation sites excluding steroid dienone is 3. The Hall–Kier alpha value is -2.14. The predicted molar refractivity (Wildman–Crippen MR) is 185 cm³/mol. The van der Waals surface area contributed by atoms with Gasteiger partial charge in [0, 0.05) is 31.6 Å². The second kappa shape index (κ2) is 10.9. The largest absolute Gasteiger partial charge is 0.465 e. The SMILES string of the molecule is CCN1CCN(C(=O)[C@]23CC[C@@H](C)[C@H](C)[C@@H]2C2=CC[C@@H]4[C@@]5(C)C/C(=C/c6ccco6)C(=O)C(C)(C)[C@@H]5CC[C@@]4(C)[C@]2(C)CC3)CC1. The van der Waals surface area contributed by atoms with Crippen molar-refractivity contribution < 1.29 is 14.0 Å². The normalized spacial score (nSPS) is 44.9. The minimum absolute atomic E-state index is 0.0165. The fraction of sp³-hybridized carbons (Fsp3) is 0.756. The Balaban J connectivity index is 1.28. The number of piperazine rings is 1. The second-order valence-electron chi connectivity index (χ2n) is 17.9. The van der Waals surface area contributed by atoms with E-state index in [4.69, 9.17) is 4.42 Å². The molecule has 0 N–H and O–H groups in total. The summed E-state index contributed by atoms with van der Waals surface area (Å²) in [5.74, 6) is 3.86. The summed E-state index contributed by atoms with van der Waals surface area (Å²) in [6.07, 6.45) is 14.9. The molecule has 0 spiro atoms. The Bertz CT molecular complexity index is 1430. The van der Waals surface area contributed by atoms with Gasteiger partial charge in [-0.1, -0.05) is 67.0 Å². The number of carbonyl (C=O) groups excluding carboxylic acids is 2. The molecule has 5 aliphatic carbocycles. The van der Waals surface area contributed by atoms with Gasteiger partial charge >= 0.3 is 0 Å². The molecular weight excluding hydrogens is 568 g/mol. The van der Waals surface area contributed by atoms with Gasteiger partial charge in [0.25, 0.3) is 0 Å². The highest BCUT2D eigenvalue weighted by Crippen LogP contribution is 2.76. The fourth-order valence-electron chi connectivity index (χ4n) is 13.0. The zero-order valence-corrected chi connectivity index (χ0v) is 30.1. The summed E-state index contributed by atoms with van der Waals surface area (Å²) in [6, 6.07) is 3.88. The van der Waals surface area contributed by atoms with Crippen molar-refractivity contribution in [3.63, 3.8) is 0 Å². The van der Waals surface area contributed by atoms with Crippen LogP contribution in [0.25, 0.3) is 6.08 Å². The van der Waals surface area contributed by atoms with Gasteiger partial charge in [-0.3, -0.25) is 9.59 Å². The Morgan fingerprint density at radius 2 is 1.72 bits per heavy atom. The summed E-state index contributed by atoms with van der Waals surface area (Å²) in [6.45, 7) is 24.2. The molecule has 0 aromatic carbocycles. The molecule has 2 heterocycles. The van der Waals surface area contributed by atoms with E-state index in [9.17, 15) is 9.59 Å². The summed E-state index contributed by atoms with van der Waals surface area (Å²) in [7, 11) is 0. The molecule has 5 fully saturated rings. The van der Waals surface area contributed by atoms with Gasteiger partial charge in [-0.25, -0.2) is 0 Å². The molecule has 4 saturated carbocycles. The van der Waals surface area contributed by atoms with Gasteiger partial charge in [0.15, 0.2) is 5.78 Å². The molecule has 0 bridgehead atoms. The van der Waals surface area contributed by atoms with E-state index in [-0.39, 0.29) is 21.7 Å². The second-order valence-corrected chi connectivity index (χ2v) is 17.9. The minimum Gasteiger partial charge on any atom is -0.465 e. The third-order valence-electron chi connectivity index (χ3n) is 16.0. The number of rotatable bonds is 3. The fourth-order valence-corrected chi connectivity index (χ4v) is 13.0. The van der Waals surface area contributed by atoms with Crippen molar-refractivity contribution in [2.75, 3.05) is 32.7 Å². The van der Waals surface area contributed by atoms with Crippen molar-refractivity contribution in [3.8, 4) is 0 Å². The number of fused-ring (bicyclic) bond motifs is 7. The lowest BCUT2D eigenvalue weighted by atomic mass is 9.33. The number of nitrogens with zero attached hydrogens (tertiary/aromatic N) is 2. The highest BCUT2D eigenvalue weighted by Gasteiger charge is 2.70. The Morgan fingerprint density at radius 1 is 0.978 bits per heavy atom. The van der Waals surface area contributed by atoms with Crippen LogP contribution in [0.2, 0.25) is 0 Å². The monoisotopic (exact) mass is 628 g/mol. The summed E-state index contributed by atoms with van der Waals surface area (Å²) >= 11 is 0. The van der Waals surface area contributed by atoms with E-state index in [1.54, 1.807) is 11.8 Å². The molecule has 252 valence electrons. The standard InChI is InChI=1S/C41H60N2O3/c1-9-42-20-22-43(23-21-42)36(45)41-17-14-27(2)28(3)34(41)31-12-13-33-38(6)26-29(25-30-11-10-24-46-30)35(44)37(4,5)32(38)15-16-40(33,8)39(31,7)18-19-41/h10-12,24-25,27-28,32-34H,9,13-23,26H2,1-8H3/b29-25-/t27-,28+,32+,33-,34-,38+,39-,40-,41+/m1/s1. The first-order valence-corrected chi connectivity index (χ1v) is 18.7. The van der Waals surface area contributed by atoms with Gasteiger partial charge in [0.2, 0.25) is 5.91 Å². The molecule has 1 aliphatic heterocycles. The first-order chi connectivity index (χ1) is 21.7. The molecule has 7 rings (SSSR count). The summed E-state index contributed by atoms with van der Waals surface area (Å²) in [4.78, 5) is 33.6. The molecule has 1 amide bonds. The first kappa shape index (κ1) is 32.4. The Kier molecular flexibility index (Phi) is 7.71. The van der Waals surface area contributed by atoms with Crippen LogP contribution in [-0.4, -0.2) is 54.2 Å². The maximum absolute atomic E-state index is 14.8. The maximum atomic E-state index is 14.8. The van der Waals surface area contributed by atoms with E-state index in [0.717, 1.165) is 95.4 Å². The molecule has 1 saturated heterocycles. The molecule has 6 aliphatic rings. The first-order valence-electron chi connectivity index (χ1n) is 18.7. The van der Waals surface area contributed by atoms with E-state index >= 15 is 0 Å². The highest BCUT2D eigenvalue weighted by atomic mass is 16.3. The quantitative estimate of drug-likeness (QED) is 0.248. The van der Waals surface area contributed by atoms with Crippen molar-refractivity contribution in [1.82, 2.24) is 9.80 Å². The molecule has 46 heavy (non-hydrogen) atoms. The van der Waals surface area contributed by atoms with Crippen molar-refractivity contribution in [2.24, 2.45) is 56.7 Å². The maximum Gasteiger partial charge on any atom is 0.229 e. The third-order valence-corrected chi connectivity index (χ3v) is 16.0. The van der Waals surface area contributed by atoms with Crippen LogP contribution < -0.4 is 0 Å². The predicted octanol–water partition coefficient (Wildman–Crippen LogP) is 8.66. The number of carbonyl (C=O) groups is 2. The van der Waals surface area contributed by atoms with Crippen LogP contribution in [-0.2, 0) is 9.59 Å². The number of hydrogen-bond acceptors (Lipinski definition) is 4. The van der Waals surface area contributed by atoms with E-state index in [1.807, 2.05) is 18.2 Å². The average Bonchev–Trinajstić information content (AvgIpc) is 3.55. The molecule has 1 aromatic rings. The molecule has 0 radical (unpaired) electrons. The van der Waals surface area contributed by atoms with Crippen molar-refractivity contribution in [3.05, 3.63) is 41.4 Å². The van der Waals surface area contributed by atoms with Crippen LogP contribution in [0, 0.1) is 56.7 Å². The molecule has 5 nitrogen and oxygen atoms in total. The van der Waals surface area contributed by atoms with E-state index in [2.05, 4.69) is 71.3 Å². The summed E-state index contributed by atoms with van der Waals surface area (Å²) in [5.41, 5.74) is 2.11. The zero-order chi connectivity index (χ0) is 32.9. The van der Waals surface area contributed by atoms with Gasteiger partial charge in [-0.15, -0.1) is 0 Å². The lowest BCUT2D eigenvalue weighted by molar-refractivity contribution is -0.184. The van der Waals surface area contributed by atoms with E-state index < -0.39 is 5.41 Å². The van der Waals surface area contributed by atoms with Gasteiger partial charge in [0.05, 0.1) is 11.7 Å². The van der Waals surface area contributed by atoms with Crippen molar-refractivity contribution in [2.45, 2.75) is 107 Å². The van der Waals surface area contributed by atoms with Crippen LogP contribution in [0.4, 0.5) is 0 Å². The highest BCUT2D eigenvalue weighted by molar-refractivity contribution is 6.04. The van der Waals surface area contributed by atoms with Crippen LogP contribution >= 0.6 is 0 Å². The lowest BCUT2D eigenvalue weighted by Gasteiger charge is -2.71.